The van der Waals surface area contributed by atoms with Crippen LogP contribution in [0.4, 0.5) is 5.69 Å². The molecule has 43 heavy (non-hydrogen) atoms. The molecular weight excluding hydrogens is 562 g/mol. The van der Waals surface area contributed by atoms with Crippen LogP contribution in [0, 0.1) is 0 Å². The highest BCUT2D eigenvalue weighted by atomic mass is 32.0. The summed E-state index contributed by atoms with van der Waals surface area (Å²) < 4.78 is 5.06. The zero-order valence-electron chi connectivity index (χ0n) is 26.9. The second kappa shape index (κ2) is 12.1. The van der Waals surface area contributed by atoms with Crippen LogP contribution >= 0.6 is 15.5 Å². The molecule has 0 fully saturated rings. The Morgan fingerprint density at radius 1 is 0.651 bits per heavy atom. The highest BCUT2D eigenvalue weighted by Gasteiger charge is 2.39. The third kappa shape index (κ3) is 5.39. The number of hydrogen-bond donors (Lipinski definition) is 0. The lowest BCUT2D eigenvalue weighted by atomic mass is 9.92. The maximum absolute atomic E-state index is 2.55. The largest absolute Gasteiger partial charge is 0.297 e. The molecule has 0 amide bonds. The number of anilines is 1. The van der Waals surface area contributed by atoms with E-state index >= 15 is 0 Å². The number of benzene rings is 3. The average molecular weight is 608 g/mol. The van der Waals surface area contributed by atoms with Gasteiger partial charge in [0.15, 0.2) is 6.67 Å². The number of para-hydroxylation sites is 2. The SMILES string of the molecule is CC(C)c1cccc(C(C)C)c1N1C=CN2C[n+]3ccn(-c4c(C(C)C)cccc4C(C)C)c3P(c3ccccc3)P=C21. The van der Waals surface area contributed by atoms with E-state index in [-0.39, 0.29) is 0 Å². The Hall–Kier alpha value is -3.19. The molecule has 6 heteroatoms. The molecule has 0 saturated carbocycles. The summed E-state index contributed by atoms with van der Waals surface area (Å²) in [5.74, 6) is 1.74. The van der Waals surface area contributed by atoms with Crippen LogP contribution in [0.1, 0.15) is 101 Å². The summed E-state index contributed by atoms with van der Waals surface area (Å²) in [6.07, 6.45) is 9.24. The summed E-state index contributed by atoms with van der Waals surface area (Å²) in [6, 6.07) is 25.0. The third-order valence-electron chi connectivity index (χ3n) is 8.59. The molecule has 3 aromatic carbocycles. The number of nitrogens with zero attached hydrogens (tertiary/aromatic N) is 4. The lowest BCUT2D eigenvalue weighted by Crippen LogP contribution is -2.52. The highest BCUT2D eigenvalue weighted by molar-refractivity contribution is 8.27. The van der Waals surface area contributed by atoms with E-state index in [0.717, 1.165) is 6.67 Å². The molecular formula is C37H45N4P2+. The van der Waals surface area contributed by atoms with Gasteiger partial charge in [0.2, 0.25) is 0 Å². The first-order chi connectivity index (χ1) is 20.7. The number of aromatic nitrogens is 2. The van der Waals surface area contributed by atoms with Crippen LogP contribution in [-0.4, -0.2) is 15.0 Å². The van der Waals surface area contributed by atoms with Gasteiger partial charge in [0.25, 0.3) is 5.57 Å². The molecule has 1 atom stereocenters. The summed E-state index contributed by atoms with van der Waals surface area (Å²) >= 11 is 0. The van der Waals surface area contributed by atoms with Gasteiger partial charge in [0.05, 0.1) is 5.69 Å². The van der Waals surface area contributed by atoms with Crippen molar-refractivity contribution in [1.82, 2.24) is 9.47 Å². The second-order valence-electron chi connectivity index (χ2n) is 13.0. The molecule has 1 aromatic heterocycles. The minimum atomic E-state index is -0.741. The fraction of sp³-hybridized carbons (Fsp3) is 0.351. The van der Waals surface area contributed by atoms with Crippen LogP contribution in [0.2, 0.25) is 0 Å². The van der Waals surface area contributed by atoms with Crippen molar-refractivity contribution in [3.63, 3.8) is 0 Å². The average Bonchev–Trinajstić information content (AvgIpc) is 3.54. The zero-order chi connectivity index (χ0) is 30.4. The molecule has 2 aliphatic heterocycles. The third-order valence-corrected chi connectivity index (χ3v) is 13.4. The van der Waals surface area contributed by atoms with E-state index in [9.17, 15) is 0 Å². The molecule has 3 heterocycles. The van der Waals surface area contributed by atoms with E-state index in [2.05, 4.69) is 166 Å². The topological polar surface area (TPSA) is 15.3 Å². The normalized spacial score (nSPS) is 16.7. The standard InChI is InChI=1S/C37H45N4P2/c1-25(2)30-16-12-17-31(26(3)4)34(30)40-22-20-38-24-39-21-23-41(35-32(27(5)6)18-13-19-33(35)28(7)8)37(39)43(42-36(38)40)29-14-10-9-11-15-29/h9-23,25-28H,24H2,1-8H3/q+1. The van der Waals surface area contributed by atoms with E-state index < -0.39 is 7.61 Å². The summed E-state index contributed by atoms with van der Waals surface area (Å²) in [5.41, 5.74) is 11.1. The van der Waals surface area contributed by atoms with Gasteiger partial charge in [-0.1, -0.05) is 122 Å². The van der Waals surface area contributed by atoms with Gasteiger partial charge >= 0.3 is 0 Å². The number of fused-ring (bicyclic) bond motifs is 2. The first-order valence-corrected chi connectivity index (χ1v) is 18.7. The molecule has 1 unspecified atom stereocenters. The van der Waals surface area contributed by atoms with Crippen molar-refractivity contribution in [2.24, 2.45) is 0 Å². The molecule has 222 valence electrons. The van der Waals surface area contributed by atoms with E-state index in [1.54, 1.807) is 0 Å². The number of hydrogen-bond acceptors (Lipinski definition) is 2. The molecule has 0 spiro atoms. The summed E-state index contributed by atoms with van der Waals surface area (Å²) in [5, 5.41) is 1.41. The van der Waals surface area contributed by atoms with Crippen LogP contribution in [0.3, 0.4) is 0 Å². The first-order valence-electron chi connectivity index (χ1n) is 15.7. The molecule has 0 saturated heterocycles. The Morgan fingerprint density at radius 3 is 1.72 bits per heavy atom. The van der Waals surface area contributed by atoms with Gasteiger partial charge in [0, 0.05) is 23.5 Å². The zero-order valence-corrected chi connectivity index (χ0v) is 28.6. The van der Waals surface area contributed by atoms with Gasteiger partial charge in [-0.15, -0.1) is 0 Å². The Bertz CT molecular complexity index is 1630. The molecule has 0 N–H and O–H groups in total. The minimum absolute atomic E-state index is 0.431. The van der Waals surface area contributed by atoms with Crippen LogP contribution in [0.15, 0.2) is 91.5 Å². The molecule has 2 aliphatic rings. The maximum atomic E-state index is 2.55. The van der Waals surface area contributed by atoms with Gasteiger partial charge < -0.3 is 0 Å². The number of imidazole rings is 1. The minimum Gasteiger partial charge on any atom is -0.297 e. The smallest absolute Gasteiger partial charge is 0.296 e. The number of rotatable bonds is 7. The quantitative estimate of drug-likeness (QED) is 0.154. The Morgan fingerprint density at radius 2 is 1.19 bits per heavy atom. The van der Waals surface area contributed by atoms with E-state index in [0.29, 0.717) is 23.7 Å². The van der Waals surface area contributed by atoms with Crippen LogP contribution < -0.4 is 20.3 Å². The summed E-state index contributed by atoms with van der Waals surface area (Å²) in [4.78, 5) is 4.99. The van der Waals surface area contributed by atoms with Crippen LogP contribution in [0.5, 0.6) is 0 Å². The lowest BCUT2D eigenvalue weighted by molar-refractivity contribution is -0.691. The molecule has 0 bridgehead atoms. The molecule has 0 radical (unpaired) electrons. The summed E-state index contributed by atoms with van der Waals surface area (Å²) in [7, 11) is 0.586. The van der Waals surface area contributed by atoms with Crippen molar-refractivity contribution >= 4 is 37.6 Å². The molecule has 4 nitrogen and oxygen atoms in total. The second-order valence-corrected chi connectivity index (χ2v) is 16.9. The maximum Gasteiger partial charge on any atom is 0.296 e. The van der Waals surface area contributed by atoms with Crippen molar-refractivity contribution in [2.45, 2.75) is 85.7 Å². The van der Waals surface area contributed by atoms with Crippen LogP contribution in [0.25, 0.3) is 5.69 Å². The molecule has 4 aromatic rings. The fourth-order valence-electron chi connectivity index (χ4n) is 6.36. The van der Waals surface area contributed by atoms with Crippen molar-refractivity contribution in [1.29, 1.82) is 0 Å². The van der Waals surface area contributed by atoms with Gasteiger partial charge in [-0.25, -0.2) is 4.57 Å². The summed E-state index contributed by atoms with van der Waals surface area (Å²) in [6.45, 7) is 19.4. The van der Waals surface area contributed by atoms with Gasteiger partial charge in [-0.05, 0) is 48.0 Å². The first kappa shape index (κ1) is 29.9. The Balaban J connectivity index is 1.60. The predicted octanol–water partition coefficient (Wildman–Crippen LogP) is 8.90. The van der Waals surface area contributed by atoms with Crippen LogP contribution in [-0.2, 0) is 6.67 Å². The lowest BCUT2D eigenvalue weighted by Gasteiger charge is -2.29. The van der Waals surface area contributed by atoms with Gasteiger partial charge in [-0.2, -0.15) is 4.57 Å². The predicted molar refractivity (Wildman–Crippen MR) is 187 cm³/mol. The van der Waals surface area contributed by atoms with Crippen molar-refractivity contribution in [3.8, 4) is 5.69 Å². The van der Waals surface area contributed by atoms with E-state index in [1.807, 2.05) is 0 Å². The van der Waals surface area contributed by atoms with E-state index in [4.69, 9.17) is 0 Å². The Kier molecular flexibility index (Phi) is 8.38. The fourth-order valence-corrected chi connectivity index (χ4v) is 11.5. The monoisotopic (exact) mass is 607 g/mol. The molecule has 6 rings (SSSR count). The van der Waals surface area contributed by atoms with Crippen molar-refractivity contribution in [3.05, 3.63) is 114 Å². The van der Waals surface area contributed by atoms with Gasteiger partial charge in [-0.3, -0.25) is 9.80 Å². The highest BCUT2D eigenvalue weighted by Crippen LogP contribution is 2.51. The molecule has 0 aliphatic carbocycles. The van der Waals surface area contributed by atoms with Crippen molar-refractivity contribution < 1.29 is 4.57 Å². The van der Waals surface area contributed by atoms with Crippen molar-refractivity contribution in [2.75, 3.05) is 4.90 Å². The van der Waals surface area contributed by atoms with Gasteiger partial charge in [0.1, 0.15) is 31.2 Å². The Labute approximate surface area is 261 Å². The van der Waals surface area contributed by atoms with E-state index in [1.165, 1.54) is 57.9 Å².